The maximum atomic E-state index is 11.8. The van der Waals surface area contributed by atoms with Crippen LogP contribution in [0, 0.1) is 0 Å². The van der Waals surface area contributed by atoms with Crippen molar-refractivity contribution in [3.8, 4) is 5.75 Å². The molecule has 6 heteroatoms. The summed E-state index contributed by atoms with van der Waals surface area (Å²) in [4.78, 5) is 18.0. The first-order chi connectivity index (χ1) is 11.7. The van der Waals surface area contributed by atoms with Gasteiger partial charge in [0.05, 0.1) is 10.7 Å². The highest BCUT2D eigenvalue weighted by Crippen LogP contribution is 2.27. The number of halogens is 1. The fraction of sp³-hybridized carbons (Fsp3) is 0.444. The summed E-state index contributed by atoms with van der Waals surface area (Å²) in [6.07, 6.45) is 6.74. The molecule has 1 aromatic heterocycles. The van der Waals surface area contributed by atoms with Crippen LogP contribution >= 0.6 is 27.3 Å². The minimum absolute atomic E-state index is 0.0488. The molecule has 2 aromatic rings. The number of rotatable bonds is 7. The molecule has 0 saturated heterocycles. The number of benzene rings is 1. The van der Waals surface area contributed by atoms with Gasteiger partial charge in [-0.15, -0.1) is 11.3 Å². The average Bonchev–Trinajstić information content (AvgIpc) is 3.01. The van der Waals surface area contributed by atoms with Crippen LogP contribution in [0.5, 0.6) is 5.75 Å². The van der Waals surface area contributed by atoms with Gasteiger partial charge in [0.1, 0.15) is 5.75 Å². The molecule has 0 atom stereocenters. The van der Waals surface area contributed by atoms with Gasteiger partial charge in [-0.1, -0.05) is 15.9 Å². The Labute approximate surface area is 154 Å². The second kappa shape index (κ2) is 8.62. The lowest BCUT2D eigenvalue weighted by Gasteiger charge is -2.07. The average molecular weight is 409 g/mol. The van der Waals surface area contributed by atoms with E-state index in [2.05, 4.69) is 21.2 Å². The first kappa shape index (κ1) is 17.4. The van der Waals surface area contributed by atoms with Crippen molar-refractivity contribution in [1.82, 2.24) is 10.3 Å². The van der Waals surface area contributed by atoms with Crippen molar-refractivity contribution in [2.75, 3.05) is 13.2 Å². The van der Waals surface area contributed by atoms with Gasteiger partial charge < -0.3 is 10.1 Å². The summed E-state index contributed by atoms with van der Waals surface area (Å²) >= 11 is 5.22. The van der Waals surface area contributed by atoms with Crippen molar-refractivity contribution in [2.45, 2.75) is 38.5 Å². The molecular formula is C18H21BrN2O2S. The maximum Gasteiger partial charge on any atom is 0.257 e. The molecule has 1 amide bonds. The summed E-state index contributed by atoms with van der Waals surface area (Å²) in [5.74, 6) is 0.609. The van der Waals surface area contributed by atoms with Gasteiger partial charge in [0, 0.05) is 22.3 Å². The third kappa shape index (κ3) is 5.05. The first-order valence-electron chi connectivity index (χ1n) is 8.33. The fourth-order valence-electron chi connectivity index (χ4n) is 2.71. The number of aromatic nitrogens is 1. The molecule has 1 aromatic carbocycles. The summed E-state index contributed by atoms with van der Waals surface area (Å²) < 4.78 is 6.44. The Hall–Kier alpha value is -1.40. The SMILES string of the molecule is O=C(COc1ccc(Br)cc1)NCCCc1nc2c(s1)CCCC2. The van der Waals surface area contributed by atoms with Gasteiger partial charge in [0.2, 0.25) is 0 Å². The van der Waals surface area contributed by atoms with E-state index < -0.39 is 0 Å². The summed E-state index contributed by atoms with van der Waals surface area (Å²) in [7, 11) is 0. The van der Waals surface area contributed by atoms with E-state index >= 15 is 0 Å². The molecule has 0 aliphatic heterocycles. The van der Waals surface area contributed by atoms with E-state index in [4.69, 9.17) is 9.72 Å². The number of thiazole rings is 1. The van der Waals surface area contributed by atoms with Crippen LogP contribution in [0.3, 0.4) is 0 Å². The highest BCUT2D eigenvalue weighted by Gasteiger charge is 2.14. The van der Waals surface area contributed by atoms with Crippen molar-refractivity contribution >= 4 is 33.2 Å². The number of aryl methyl sites for hydroxylation is 3. The summed E-state index contributed by atoms with van der Waals surface area (Å²) in [6.45, 7) is 0.708. The van der Waals surface area contributed by atoms with Gasteiger partial charge in [-0.2, -0.15) is 0 Å². The predicted octanol–water partition coefficient (Wildman–Crippen LogP) is 3.91. The molecule has 1 heterocycles. The van der Waals surface area contributed by atoms with Crippen LogP contribution in [0.1, 0.15) is 34.8 Å². The number of nitrogens with zero attached hydrogens (tertiary/aromatic N) is 1. The Bertz CT molecular complexity index is 661. The molecule has 0 radical (unpaired) electrons. The Balaban J connectivity index is 1.33. The Morgan fingerprint density at radius 1 is 1.25 bits per heavy atom. The number of fused-ring (bicyclic) bond motifs is 1. The minimum Gasteiger partial charge on any atom is -0.484 e. The molecule has 1 aliphatic carbocycles. The number of hydrogen-bond donors (Lipinski definition) is 1. The molecule has 0 fully saturated rings. The Kier molecular flexibility index (Phi) is 6.26. The molecule has 3 rings (SSSR count). The normalized spacial score (nSPS) is 13.4. The number of carbonyl (C=O) groups is 1. The number of amides is 1. The minimum atomic E-state index is -0.0867. The zero-order chi connectivity index (χ0) is 16.8. The third-order valence-electron chi connectivity index (χ3n) is 3.96. The van der Waals surface area contributed by atoms with Gasteiger partial charge in [-0.3, -0.25) is 4.79 Å². The van der Waals surface area contributed by atoms with Gasteiger partial charge in [-0.05, 0) is 56.4 Å². The highest BCUT2D eigenvalue weighted by atomic mass is 79.9. The smallest absolute Gasteiger partial charge is 0.257 e. The van der Waals surface area contributed by atoms with Gasteiger partial charge >= 0.3 is 0 Å². The Morgan fingerprint density at radius 3 is 2.83 bits per heavy atom. The van der Waals surface area contributed by atoms with Crippen LogP contribution < -0.4 is 10.1 Å². The van der Waals surface area contributed by atoms with E-state index in [1.807, 2.05) is 35.6 Å². The van der Waals surface area contributed by atoms with Crippen LogP contribution in [0.4, 0.5) is 0 Å². The van der Waals surface area contributed by atoms with Crippen LogP contribution in [-0.4, -0.2) is 24.0 Å². The third-order valence-corrected chi connectivity index (χ3v) is 5.71. The van der Waals surface area contributed by atoms with Crippen molar-refractivity contribution in [2.24, 2.45) is 0 Å². The maximum absolute atomic E-state index is 11.8. The molecule has 0 unspecified atom stereocenters. The van der Waals surface area contributed by atoms with E-state index in [1.54, 1.807) is 0 Å². The molecule has 0 bridgehead atoms. The molecular weight excluding hydrogens is 388 g/mol. The molecule has 1 N–H and O–H groups in total. The lowest BCUT2D eigenvalue weighted by Crippen LogP contribution is -2.29. The van der Waals surface area contributed by atoms with Gasteiger partial charge in [0.15, 0.2) is 6.61 Å². The van der Waals surface area contributed by atoms with E-state index in [-0.39, 0.29) is 12.5 Å². The van der Waals surface area contributed by atoms with Gasteiger partial charge in [0.25, 0.3) is 5.91 Å². The molecule has 1 aliphatic rings. The van der Waals surface area contributed by atoms with Crippen LogP contribution in [-0.2, 0) is 24.1 Å². The zero-order valence-electron chi connectivity index (χ0n) is 13.5. The molecule has 0 saturated carbocycles. The van der Waals surface area contributed by atoms with Crippen molar-refractivity contribution in [3.05, 3.63) is 44.3 Å². The quantitative estimate of drug-likeness (QED) is 0.706. The second-order valence-corrected chi connectivity index (χ2v) is 7.96. The lowest BCUT2D eigenvalue weighted by molar-refractivity contribution is -0.123. The van der Waals surface area contributed by atoms with E-state index in [0.29, 0.717) is 12.3 Å². The summed E-state index contributed by atoms with van der Waals surface area (Å²) in [6, 6.07) is 7.45. The topological polar surface area (TPSA) is 51.2 Å². The Morgan fingerprint density at radius 2 is 2.04 bits per heavy atom. The van der Waals surface area contributed by atoms with E-state index in [9.17, 15) is 4.79 Å². The second-order valence-electron chi connectivity index (χ2n) is 5.88. The number of ether oxygens (including phenoxy) is 1. The monoisotopic (exact) mass is 408 g/mol. The molecule has 128 valence electrons. The van der Waals surface area contributed by atoms with Crippen molar-refractivity contribution < 1.29 is 9.53 Å². The van der Waals surface area contributed by atoms with Crippen molar-refractivity contribution in [3.63, 3.8) is 0 Å². The van der Waals surface area contributed by atoms with Crippen LogP contribution in [0.15, 0.2) is 28.7 Å². The summed E-state index contributed by atoms with van der Waals surface area (Å²) in [5.41, 5.74) is 1.31. The largest absolute Gasteiger partial charge is 0.484 e. The lowest BCUT2D eigenvalue weighted by atomic mass is 10.0. The standard InChI is InChI=1S/C18H21BrN2O2S/c19-13-7-9-14(10-8-13)23-12-17(22)20-11-3-6-18-21-15-4-1-2-5-16(15)24-18/h7-10H,1-6,11-12H2,(H,20,22). The van der Waals surface area contributed by atoms with Crippen LogP contribution in [0.25, 0.3) is 0 Å². The van der Waals surface area contributed by atoms with E-state index in [1.165, 1.54) is 34.8 Å². The number of carbonyl (C=O) groups excluding carboxylic acids is 1. The molecule has 4 nitrogen and oxygen atoms in total. The van der Waals surface area contributed by atoms with Gasteiger partial charge in [-0.25, -0.2) is 4.98 Å². The van der Waals surface area contributed by atoms with Crippen LogP contribution in [0.2, 0.25) is 0 Å². The predicted molar refractivity (Wildman–Crippen MR) is 99.7 cm³/mol. The van der Waals surface area contributed by atoms with E-state index in [0.717, 1.165) is 23.7 Å². The molecule has 0 spiro atoms. The highest BCUT2D eigenvalue weighted by molar-refractivity contribution is 9.10. The summed E-state index contributed by atoms with van der Waals surface area (Å²) in [5, 5.41) is 4.11. The molecule has 24 heavy (non-hydrogen) atoms. The fourth-order valence-corrected chi connectivity index (χ4v) is 4.17. The number of nitrogens with one attached hydrogen (secondary N) is 1. The zero-order valence-corrected chi connectivity index (χ0v) is 15.9. The first-order valence-corrected chi connectivity index (χ1v) is 9.94. The number of hydrogen-bond acceptors (Lipinski definition) is 4. The van der Waals surface area contributed by atoms with Crippen molar-refractivity contribution in [1.29, 1.82) is 0 Å².